The molecule has 102 valence electrons. The lowest BCUT2D eigenvalue weighted by atomic mass is 10.0. The Hall–Kier alpha value is -2.05. The number of nitrogens with one attached hydrogen (secondary N) is 1. The number of carboxylic acid groups (broad SMARTS) is 1. The Balaban J connectivity index is 1.98. The molecule has 1 aromatic rings. The Morgan fingerprint density at radius 2 is 1.84 bits per heavy atom. The number of hydrogen-bond donors (Lipinski definition) is 2. The molecule has 1 heterocycles. The van der Waals surface area contributed by atoms with E-state index in [4.69, 9.17) is 5.11 Å². The Labute approximate surface area is 110 Å². The number of carbonyl (C=O) groups excluding carboxylic acids is 1. The number of rotatable bonds is 3. The summed E-state index contributed by atoms with van der Waals surface area (Å²) in [5, 5.41) is 19.2. The second kappa shape index (κ2) is 5.29. The van der Waals surface area contributed by atoms with Crippen LogP contribution in [0.5, 0.6) is 0 Å². The summed E-state index contributed by atoms with van der Waals surface area (Å²) < 4.78 is 0. The maximum Gasteiger partial charge on any atom is 0.306 e. The van der Waals surface area contributed by atoms with Crippen LogP contribution in [0.2, 0.25) is 0 Å². The van der Waals surface area contributed by atoms with Crippen molar-refractivity contribution < 1.29 is 14.7 Å². The summed E-state index contributed by atoms with van der Waals surface area (Å²) in [5.74, 6) is -1.60. The Kier molecular flexibility index (Phi) is 3.73. The molecule has 1 amide bonds. The summed E-state index contributed by atoms with van der Waals surface area (Å²) in [4.78, 5) is 26.9. The maximum absolute atomic E-state index is 12.0. The molecular formula is C12H16N4O3. The molecule has 1 fully saturated rings. The highest BCUT2D eigenvalue weighted by molar-refractivity contribution is 5.91. The van der Waals surface area contributed by atoms with Crippen LogP contribution in [0.1, 0.15) is 30.7 Å². The number of carboxylic acids is 1. The first-order valence-electron chi connectivity index (χ1n) is 6.19. The van der Waals surface area contributed by atoms with E-state index in [1.807, 2.05) is 0 Å². The summed E-state index contributed by atoms with van der Waals surface area (Å²) in [6.07, 6.45) is 1.50. The molecule has 2 atom stereocenters. The molecule has 0 bridgehead atoms. The van der Waals surface area contributed by atoms with Gasteiger partial charge in [0.05, 0.1) is 17.3 Å². The summed E-state index contributed by atoms with van der Waals surface area (Å²) in [5.41, 5.74) is 1.42. The first-order valence-corrected chi connectivity index (χ1v) is 6.19. The van der Waals surface area contributed by atoms with Crippen LogP contribution in [-0.4, -0.2) is 32.2 Å². The SMILES string of the molecule is Cc1nnc(NC(=O)C2CCC(C(=O)O)C2)nc1C. The molecule has 0 spiro atoms. The number of aromatic nitrogens is 3. The average Bonchev–Trinajstić information content (AvgIpc) is 2.83. The predicted octanol–water partition coefficient (Wildman–Crippen LogP) is 0.928. The van der Waals surface area contributed by atoms with Crippen LogP contribution in [0.3, 0.4) is 0 Å². The normalized spacial score (nSPS) is 22.2. The highest BCUT2D eigenvalue weighted by Crippen LogP contribution is 2.31. The fraction of sp³-hybridized carbons (Fsp3) is 0.583. The number of hydrogen-bond acceptors (Lipinski definition) is 5. The zero-order chi connectivity index (χ0) is 14.0. The van der Waals surface area contributed by atoms with E-state index in [-0.39, 0.29) is 17.8 Å². The number of anilines is 1. The van der Waals surface area contributed by atoms with Crippen molar-refractivity contribution in [3.63, 3.8) is 0 Å². The van der Waals surface area contributed by atoms with E-state index < -0.39 is 11.9 Å². The van der Waals surface area contributed by atoms with Gasteiger partial charge in [0.25, 0.3) is 0 Å². The molecule has 2 unspecified atom stereocenters. The molecule has 7 heteroatoms. The van der Waals surface area contributed by atoms with Crippen molar-refractivity contribution in [1.82, 2.24) is 15.2 Å². The lowest BCUT2D eigenvalue weighted by Gasteiger charge is -2.09. The molecule has 2 N–H and O–H groups in total. The summed E-state index contributed by atoms with van der Waals surface area (Å²) in [6.45, 7) is 3.57. The van der Waals surface area contributed by atoms with Gasteiger partial charge in [-0.3, -0.25) is 14.9 Å². The Bertz CT molecular complexity index is 518. The molecule has 0 radical (unpaired) electrons. The third-order valence-electron chi connectivity index (χ3n) is 3.48. The van der Waals surface area contributed by atoms with Crippen LogP contribution >= 0.6 is 0 Å². The van der Waals surface area contributed by atoms with Crippen LogP contribution < -0.4 is 5.32 Å². The van der Waals surface area contributed by atoms with Crippen molar-refractivity contribution in [3.05, 3.63) is 11.4 Å². The lowest BCUT2D eigenvalue weighted by Crippen LogP contribution is -2.23. The van der Waals surface area contributed by atoms with Gasteiger partial charge in [0.2, 0.25) is 11.9 Å². The van der Waals surface area contributed by atoms with E-state index in [1.165, 1.54) is 0 Å². The minimum Gasteiger partial charge on any atom is -0.481 e. The van der Waals surface area contributed by atoms with Crippen LogP contribution in [0, 0.1) is 25.7 Å². The van der Waals surface area contributed by atoms with Gasteiger partial charge in [0.1, 0.15) is 0 Å². The Morgan fingerprint density at radius 1 is 1.16 bits per heavy atom. The van der Waals surface area contributed by atoms with Gasteiger partial charge in [0, 0.05) is 5.92 Å². The number of amides is 1. The van der Waals surface area contributed by atoms with Crippen molar-refractivity contribution in [2.24, 2.45) is 11.8 Å². The molecule has 1 aromatic heterocycles. The van der Waals surface area contributed by atoms with E-state index in [0.717, 1.165) is 0 Å². The third-order valence-corrected chi connectivity index (χ3v) is 3.48. The lowest BCUT2D eigenvalue weighted by molar-refractivity contribution is -0.141. The highest BCUT2D eigenvalue weighted by atomic mass is 16.4. The second-order valence-electron chi connectivity index (χ2n) is 4.84. The minimum absolute atomic E-state index is 0.173. The highest BCUT2D eigenvalue weighted by Gasteiger charge is 2.34. The van der Waals surface area contributed by atoms with Gasteiger partial charge in [-0.2, -0.15) is 5.10 Å². The molecule has 7 nitrogen and oxygen atoms in total. The van der Waals surface area contributed by atoms with Gasteiger partial charge >= 0.3 is 5.97 Å². The quantitative estimate of drug-likeness (QED) is 0.841. The average molecular weight is 264 g/mol. The molecule has 0 saturated heterocycles. The zero-order valence-electron chi connectivity index (χ0n) is 10.9. The van der Waals surface area contributed by atoms with Crippen molar-refractivity contribution in [3.8, 4) is 0 Å². The number of aryl methyl sites for hydroxylation is 2. The molecule has 0 aliphatic heterocycles. The summed E-state index contributed by atoms with van der Waals surface area (Å²) in [6, 6.07) is 0. The van der Waals surface area contributed by atoms with Crippen LogP contribution in [0.25, 0.3) is 0 Å². The van der Waals surface area contributed by atoms with E-state index in [9.17, 15) is 9.59 Å². The van der Waals surface area contributed by atoms with Gasteiger partial charge in [-0.1, -0.05) is 0 Å². The van der Waals surface area contributed by atoms with Gasteiger partial charge in [-0.15, -0.1) is 5.10 Å². The molecule has 2 rings (SSSR count). The molecular weight excluding hydrogens is 248 g/mol. The molecule has 0 aromatic carbocycles. The standard InChI is InChI=1S/C12H16N4O3/c1-6-7(2)15-16-12(13-6)14-10(17)8-3-4-9(5-8)11(18)19/h8-9H,3-5H2,1-2H3,(H,18,19)(H,13,14,16,17). The fourth-order valence-electron chi connectivity index (χ4n) is 2.17. The smallest absolute Gasteiger partial charge is 0.306 e. The zero-order valence-corrected chi connectivity index (χ0v) is 10.9. The molecule has 1 aliphatic carbocycles. The predicted molar refractivity (Wildman–Crippen MR) is 66.4 cm³/mol. The van der Waals surface area contributed by atoms with Crippen LogP contribution in [0.15, 0.2) is 0 Å². The van der Waals surface area contributed by atoms with Gasteiger partial charge in [-0.25, -0.2) is 4.98 Å². The Morgan fingerprint density at radius 3 is 2.42 bits per heavy atom. The van der Waals surface area contributed by atoms with E-state index in [2.05, 4.69) is 20.5 Å². The van der Waals surface area contributed by atoms with Crippen molar-refractivity contribution in [1.29, 1.82) is 0 Å². The largest absolute Gasteiger partial charge is 0.481 e. The van der Waals surface area contributed by atoms with Gasteiger partial charge in [0.15, 0.2) is 0 Å². The first kappa shape index (κ1) is 13.4. The van der Waals surface area contributed by atoms with Gasteiger partial charge < -0.3 is 5.11 Å². The monoisotopic (exact) mass is 264 g/mol. The van der Waals surface area contributed by atoms with Gasteiger partial charge in [-0.05, 0) is 33.1 Å². The fourth-order valence-corrected chi connectivity index (χ4v) is 2.17. The molecule has 19 heavy (non-hydrogen) atoms. The molecule has 1 saturated carbocycles. The molecule has 1 aliphatic rings. The third kappa shape index (κ3) is 3.04. The number of nitrogens with zero attached hydrogens (tertiary/aromatic N) is 3. The van der Waals surface area contributed by atoms with Crippen LogP contribution in [0.4, 0.5) is 5.95 Å². The van der Waals surface area contributed by atoms with E-state index in [1.54, 1.807) is 13.8 Å². The van der Waals surface area contributed by atoms with E-state index in [0.29, 0.717) is 30.7 Å². The topological polar surface area (TPSA) is 105 Å². The minimum atomic E-state index is -0.834. The van der Waals surface area contributed by atoms with Crippen LogP contribution in [-0.2, 0) is 9.59 Å². The van der Waals surface area contributed by atoms with Crippen molar-refractivity contribution >= 4 is 17.8 Å². The summed E-state index contributed by atoms with van der Waals surface area (Å²) >= 11 is 0. The van der Waals surface area contributed by atoms with E-state index >= 15 is 0 Å². The second-order valence-corrected chi connectivity index (χ2v) is 4.84. The summed E-state index contributed by atoms with van der Waals surface area (Å²) in [7, 11) is 0. The maximum atomic E-state index is 12.0. The number of aliphatic carboxylic acids is 1. The number of carbonyl (C=O) groups is 2. The van der Waals surface area contributed by atoms with Crippen molar-refractivity contribution in [2.75, 3.05) is 5.32 Å². The van der Waals surface area contributed by atoms with Crippen molar-refractivity contribution in [2.45, 2.75) is 33.1 Å². The first-order chi connectivity index (χ1) is 8.97.